The second kappa shape index (κ2) is 9.04. The number of piperazine rings is 1. The number of carbonyl (C=O) groups excluding carboxylic acids is 1. The van der Waals surface area contributed by atoms with Crippen molar-refractivity contribution < 1.29 is 14.3 Å². The fourth-order valence-corrected chi connectivity index (χ4v) is 3.97. The van der Waals surface area contributed by atoms with Crippen molar-refractivity contribution in [1.29, 1.82) is 0 Å². The van der Waals surface area contributed by atoms with Crippen molar-refractivity contribution in [2.45, 2.75) is 39.3 Å². The molecule has 0 N–H and O–H groups in total. The van der Waals surface area contributed by atoms with Crippen LogP contribution in [-0.4, -0.2) is 71.9 Å². The minimum absolute atomic E-state index is 0.213. The van der Waals surface area contributed by atoms with Gasteiger partial charge in [0.25, 0.3) is 0 Å². The molecule has 0 radical (unpaired) electrons. The molecule has 1 aromatic carbocycles. The molecule has 1 aliphatic rings. The number of hydrogen-bond acceptors (Lipinski definition) is 8. The zero-order chi connectivity index (χ0) is 21.0. The maximum atomic E-state index is 12.1. The molecule has 158 valence electrons. The molecular formula is C20H28N4O4S. The monoisotopic (exact) mass is 420 g/mol. The Morgan fingerprint density at radius 2 is 2.00 bits per heavy atom. The Labute approximate surface area is 174 Å². The maximum absolute atomic E-state index is 12.1. The Morgan fingerprint density at radius 3 is 2.66 bits per heavy atom. The first-order chi connectivity index (χ1) is 13.7. The van der Waals surface area contributed by atoms with Gasteiger partial charge in [-0.05, 0) is 39.8 Å². The number of fused-ring (bicyclic) bond motifs is 1. The van der Waals surface area contributed by atoms with Crippen molar-refractivity contribution in [2.75, 3.05) is 39.3 Å². The topological polar surface area (TPSA) is 84.3 Å². The van der Waals surface area contributed by atoms with Crippen molar-refractivity contribution in [1.82, 2.24) is 14.8 Å². The van der Waals surface area contributed by atoms with Crippen molar-refractivity contribution in [3.8, 4) is 5.75 Å². The quantitative estimate of drug-likeness (QED) is 0.663. The Bertz CT molecular complexity index is 856. The van der Waals surface area contributed by atoms with E-state index in [1.54, 1.807) is 16.2 Å². The van der Waals surface area contributed by atoms with Crippen molar-refractivity contribution >= 4 is 27.6 Å². The van der Waals surface area contributed by atoms with Gasteiger partial charge in [-0.3, -0.25) is 4.90 Å². The number of nitrogens with zero attached hydrogens (tertiary/aromatic N) is 4. The van der Waals surface area contributed by atoms with E-state index in [1.165, 1.54) is 0 Å². The number of aryl methyl sites for hydroxylation is 1. The van der Waals surface area contributed by atoms with E-state index in [4.69, 9.17) is 9.47 Å². The molecule has 8 nitrogen and oxygen atoms in total. The molecule has 3 rings (SSSR count). The van der Waals surface area contributed by atoms with Crippen molar-refractivity contribution in [3.05, 3.63) is 28.1 Å². The van der Waals surface area contributed by atoms with Crippen LogP contribution in [0.3, 0.4) is 0 Å². The summed E-state index contributed by atoms with van der Waals surface area (Å²) in [7, 11) is 0. The Kier molecular flexibility index (Phi) is 6.69. The molecule has 1 saturated heterocycles. The first-order valence-electron chi connectivity index (χ1n) is 9.76. The van der Waals surface area contributed by atoms with E-state index < -0.39 is 11.6 Å². The van der Waals surface area contributed by atoms with Crippen LogP contribution in [0, 0.1) is 11.8 Å². The molecule has 0 saturated carbocycles. The lowest BCUT2D eigenvalue weighted by atomic mass is 10.2. The molecule has 2 aromatic rings. The van der Waals surface area contributed by atoms with Gasteiger partial charge in [0, 0.05) is 38.8 Å². The third-order valence-electron chi connectivity index (χ3n) is 4.55. The van der Waals surface area contributed by atoms with Crippen LogP contribution in [0.4, 0.5) is 4.79 Å². The number of rotatable bonds is 6. The predicted octanol–water partition coefficient (Wildman–Crippen LogP) is 3.67. The van der Waals surface area contributed by atoms with Gasteiger partial charge in [0.1, 0.15) is 24.0 Å². The zero-order valence-electron chi connectivity index (χ0n) is 17.4. The highest BCUT2D eigenvalue weighted by Crippen LogP contribution is 2.25. The highest BCUT2D eigenvalue weighted by molar-refractivity contribution is 7.18. The number of amides is 1. The van der Waals surface area contributed by atoms with Crippen LogP contribution in [0.25, 0.3) is 10.2 Å². The van der Waals surface area contributed by atoms with Gasteiger partial charge < -0.3 is 14.4 Å². The fourth-order valence-electron chi connectivity index (χ4n) is 3.16. The van der Waals surface area contributed by atoms with E-state index in [9.17, 15) is 9.70 Å². The molecule has 1 aliphatic heterocycles. The lowest BCUT2D eigenvalue weighted by molar-refractivity contribution is 0.0138. The number of nitroso groups, excluding NO2 is 1. The van der Waals surface area contributed by atoms with Gasteiger partial charge in [0.05, 0.1) is 15.2 Å². The molecule has 0 spiro atoms. The van der Waals surface area contributed by atoms with Crippen molar-refractivity contribution in [2.24, 2.45) is 5.18 Å². The summed E-state index contributed by atoms with van der Waals surface area (Å²) in [5.74, 6) is 0.686. The number of hydrogen-bond donors (Lipinski definition) is 0. The normalized spacial score (nSPS) is 16.6. The molecular weight excluding hydrogens is 392 g/mol. The van der Waals surface area contributed by atoms with Crippen LogP contribution in [0.2, 0.25) is 0 Å². The molecule has 1 amide bonds. The van der Waals surface area contributed by atoms with Gasteiger partial charge >= 0.3 is 6.09 Å². The molecule has 1 aromatic heterocycles. The molecule has 1 fully saturated rings. The first kappa shape index (κ1) is 21.4. The first-order valence-corrected chi connectivity index (χ1v) is 10.6. The van der Waals surface area contributed by atoms with Crippen molar-refractivity contribution in [3.63, 3.8) is 0 Å². The van der Waals surface area contributed by atoms with Gasteiger partial charge in [-0.15, -0.1) is 11.3 Å². The summed E-state index contributed by atoms with van der Waals surface area (Å²) >= 11 is 1.64. The molecule has 0 bridgehead atoms. The largest absolute Gasteiger partial charge is 0.491 e. The Hall–Kier alpha value is -2.26. The van der Waals surface area contributed by atoms with Gasteiger partial charge in [-0.1, -0.05) is 5.18 Å². The lowest BCUT2D eigenvalue weighted by Crippen LogP contribution is -2.51. The van der Waals surface area contributed by atoms with E-state index in [0.717, 1.165) is 15.2 Å². The predicted molar refractivity (Wildman–Crippen MR) is 114 cm³/mol. The lowest BCUT2D eigenvalue weighted by Gasteiger charge is -2.36. The van der Waals surface area contributed by atoms with E-state index in [1.807, 2.05) is 45.9 Å². The number of thiazole rings is 1. The molecule has 9 heteroatoms. The van der Waals surface area contributed by atoms with Gasteiger partial charge in [0.15, 0.2) is 0 Å². The van der Waals surface area contributed by atoms with Crippen LogP contribution >= 0.6 is 11.3 Å². The smallest absolute Gasteiger partial charge is 0.410 e. The summed E-state index contributed by atoms with van der Waals surface area (Å²) < 4.78 is 12.3. The highest BCUT2D eigenvalue weighted by Gasteiger charge is 2.27. The highest BCUT2D eigenvalue weighted by atomic mass is 32.1. The van der Waals surface area contributed by atoms with Crippen LogP contribution < -0.4 is 4.74 Å². The van der Waals surface area contributed by atoms with E-state index in [2.05, 4.69) is 15.1 Å². The summed E-state index contributed by atoms with van der Waals surface area (Å²) in [6.45, 7) is 10.7. The third kappa shape index (κ3) is 6.11. The molecule has 1 unspecified atom stereocenters. The summed E-state index contributed by atoms with van der Waals surface area (Å²) in [6.07, 6.45) is -0.293. The summed E-state index contributed by atoms with van der Waals surface area (Å²) in [5, 5.41) is 4.24. The molecule has 2 heterocycles. The average Bonchev–Trinajstić information content (AvgIpc) is 3.03. The van der Waals surface area contributed by atoms with Crippen LogP contribution in [0.5, 0.6) is 5.75 Å². The number of carbonyl (C=O) groups is 1. The van der Waals surface area contributed by atoms with Gasteiger partial charge in [-0.2, -0.15) is 4.91 Å². The van der Waals surface area contributed by atoms with Crippen LogP contribution in [0.1, 0.15) is 25.8 Å². The molecule has 29 heavy (non-hydrogen) atoms. The summed E-state index contributed by atoms with van der Waals surface area (Å²) in [4.78, 5) is 31.7. The minimum atomic E-state index is -0.502. The van der Waals surface area contributed by atoms with Gasteiger partial charge in [-0.25, -0.2) is 9.78 Å². The maximum Gasteiger partial charge on any atom is 0.410 e. The van der Waals surface area contributed by atoms with Crippen LogP contribution in [0.15, 0.2) is 23.4 Å². The SMILES string of the molecule is Cc1nc2cc(OCC(CN3CCN(C(=O)OC(C)(C)C)CC3)N=O)ccc2s1. The summed E-state index contributed by atoms with van der Waals surface area (Å²) in [5.41, 5.74) is 0.400. The fraction of sp³-hybridized carbons (Fsp3) is 0.600. The number of aromatic nitrogens is 1. The van der Waals surface area contributed by atoms with E-state index in [0.29, 0.717) is 38.5 Å². The minimum Gasteiger partial charge on any atom is -0.491 e. The Morgan fingerprint density at radius 1 is 1.28 bits per heavy atom. The van der Waals surface area contributed by atoms with Gasteiger partial charge in [0.2, 0.25) is 0 Å². The molecule has 1 atom stereocenters. The van der Waals surface area contributed by atoms with Crippen LogP contribution in [-0.2, 0) is 4.74 Å². The summed E-state index contributed by atoms with van der Waals surface area (Å²) in [6, 6.07) is 5.28. The molecule has 0 aliphatic carbocycles. The number of benzene rings is 1. The standard InChI is InChI=1S/C20H28N4O4S/c1-14-21-17-11-16(5-6-18(17)29-14)27-13-15(22-26)12-23-7-9-24(10-8-23)19(25)28-20(2,3)4/h5-6,11,15H,7-10,12-13H2,1-4H3. The third-order valence-corrected chi connectivity index (χ3v) is 5.50. The Balaban J connectivity index is 1.46. The average molecular weight is 421 g/mol. The van der Waals surface area contributed by atoms with E-state index >= 15 is 0 Å². The zero-order valence-corrected chi connectivity index (χ0v) is 18.2. The second-order valence-corrected chi connectivity index (χ2v) is 9.44. The van der Waals surface area contributed by atoms with E-state index in [-0.39, 0.29) is 12.7 Å². The number of ether oxygens (including phenoxy) is 2. The second-order valence-electron chi connectivity index (χ2n) is 8.20.